The summed E-state index contributed by atoms with van der Waals surface area (Å²) in [7, 11) is 0. The minimum atomic E-state index is -4.60. The maximum Gasteiger partial charge on any atom is 0.406 e. The van der Waals surface area contributed by atoms with E-state index >= 15 is 0 Å². The van der Waals surface area contributed by atoms with Crippen molar-refractivity contribution in [3.8, 4) is 6.07 Å². The van der Waals surface area contributed by atoms with Gasteiger partial charge in [0.25, 0.3) is 0 Å². The van der Waals surface area contributed by atoms with Crippen LogP contribution < -0.4 is 10.2 Å². The molecule has 2 rings (SSSR count). The molecule has 1 atom stereocenters. The number of para-hydroxylation sites is 2. The molecule has 0 fully saturated rings. The maximum atomic E-state index is 12.6. The van der Waals surface area contributed by atoms with Gasteiger partial charge in [-0.2, -0.15) is 18.4 Å². The van der Waals surface area contributed by atoms with Gasteiger partial charge in [-0.05, 0) is 12.1 Å². The first-order valence-corrected chi connectivity index (χ1v) is 5.52. The summed E-state index contributed by atoms with van der Waals surface area (Å²) in [6.45, 7) is -0.740. The van der Waals surface area contributed by atoms with Crippen molar-refractivity contribution in [1.29, 1.82) is 5.26 Å². The van der Waals surface area contributed by atoms with Gasteiger partial charge in [-0.25, -0.2) is 0 Å². The van der Waals surface area contributed by atoms with Crippen LogP contribution in [0.4, 0.5) is 24.5 Å². The molecule has 1 heterocycles. The van der Waals surface area contributed by atoms with Crippen LogP contribution >= 0.6 is 0 Å². The normalized spacial score (nSPS) is 16.3. The van der Waals surface area contributed by atoms with Gasteiger partial charge in [0.2, 0.25) is 5.91 Å². The highest BCUT2D eigenvalue weighted by Gasteiger charge is 2.41. The number of carbonyl (C=O) groups is 1. The van der Waals surface area contributed by atoms with Gasteiger partial charge in [-0.15, -0.1) is 0 Å². The number of hydrogen-bond donors (Lipinski definition) is 1. The van der Waals surface area contributed by atoms with E-state index in [0.29, 0.717) is 11.4 Å². The Hall–Kier alpha value is -2.23. The topological polar surface area (TPSA) is 56.1 Å². The van der Waals surface area contributed by atoms with E-state index in [1.165, 1.54) is 11.0 Å². The lowest BCUT2D eigenvalue weighted by molar-refractivity contribution is -0.156. The van der Waals surface area contributed by atoms with Crippen molar-refractivity contribution in [2.45, 2.75) is 6.18 Å². The minimum Gasteiger partial charge on any atom is -0.359 e. The lowest BCUT2D eigenvalue weighted by Gasteiger charge is -2.32. The number of carbonyl (C=O) groups excluding carboxylic acids is 1. The summed E-state index contributed by atoms with van der Waals surface area (Å²) in [6, 6.07) is 7.79. The highest BCUT2D eigenvalue weighted by Crippen LogP contribution is 2.32. The number of hydrogen-bond acceptors (Lipinski definition) is 3. The third-order valence-electron chi connectivity index (χ3n) is 2.81. The second-order valence-electron chi connectivity index (χ2n) is 4.17. The van der Waals surface area contributed by atoms with E-state index in [4.69, 9.17) is 5.26 Å². The Labute approximate surface area is 107 Å². The molecular weight excluding hydrogens is 259 g/mol. The molecule has 19 heavy (non-hydrogen) atoms. The Bertz CT molecular complexity index is 536. The van der Waals surface area contributed by atoms with Gasteiger partial charge in [0, 0.05) is 6.54 Å². The van der Waals surface area contributed by atoms with Crippen molar-refractivity contribution in [3.63, 3.8) is 0 Å². The third-order valence-corrected chi connectivity index (χ3v) is 2.81. The van der Waals surface area contributed by atoms with E-state index in [-0.39, 0.29) is 6.54 Å². The number of fused-ring (bicyclic) bond motifs is 1. The molecular formula is C12H10F3N3O. The Kier molecular flexibility index (Phi) is 3.34. The maximum absolute atomic E-state index is 12.6. The molecule has 1 aliphatic heterocycles. The SMILES string of the molecule is N#CC(CN1CC(=O)Nc2ccccc21)C(F)(F)F. The molecule has 7 heteroatoms. The number of alkyl halides is 3. The molecule has 1 aromatic rings. The van der Waals surface area contributed by atoms with Gasteiger partial charge in [0.15, 0.2) is 5.92 Å². The van der Waals surface area contributed by atoms with Crippen molar-refractivity contribution in [2.24, 2.45) is 5.92 Å². The molecule has 100 valence electrons. The lowest BCUT2D eigenvalue weighted by atomic mass is 10.1. The van der Waals surface area contributed by atoms with Crippen LogP contribution in [0.3, 0.4) is 0 Å². The number of halogens is 3. The Morgan fingerprint density at radius 1 is 1.42 bits per heavy atom. The first-order chi connectivity index (χ1) is 8.91. The van der Waals surface area contributed by atoms with Crippen LogP contribution in [0.1, 0.15) is 0 Å². The zero-order valence-corrected chi connectivity index (χ0v) is 9.74. The molecule has 1 aromatic carbocycles. The van der Waals surface area contributed by atoms with Gasteiger partial charge in [-0.3, -0.25) is 4.79 Å². The molecule has 1 N–H and O–H groups in total. The second-order valence-corrected chi connectivity index (χ2v) is 4.17. The van der Waals surface area contributed by atoms with Crippen LogP contribution in [0.15, 0.2) is 24.3 Å². The van der Waals surface area contributed by atoms with Crippen LogP contribution in [0.2, 0.25) is 0 Å². The summed E-state index contributed by atoms with van der Waals surface area (Å²) in [5.41, 5.74) is 0.948. The molecule has 0 spiro atoms. The molecule has 1 amide bonds. The average Bonchev–Trinajstić information content (AvgIpc) is 2.34. The summed E-state index contributed by atoms with van der Waals surface area (Å²) in [6.07, 6.45) is -4.60. The van der Waals surface area contributed by atoms with Gasteiger partial charge in [0.1, 0.15) is 0 Å². The average molecular weight is 269 g/mol. The molecule has 0 saturated carbocycles. The van der Waals surface area contributed by atoms with E-state index in [9.17, 15) is 18.0 Å². The summed E-state index contributed by atoms with van der Waals surface area (Å²) in [4.78, 5) is 12.7. The van der Waals surface area contributed by atoms with Crippen LogP contribution in [0, 0.1) is 17.2 Å². The summed E-state index contributed by atoms with van der Waals surface area (Å²) in [5, 5.41) is 11.2. The summed E-state index contributed by atoms with van der Waals surface area (Å²) in [5.74, 6) is -2.51. The molecule has 0 aromatic heterocycles. The predicted molar refractivity (Wildman–Crippen MR) is 62.4 cm³/mol. The monoisotopic (exact) mass is 269 g/mol. The number of anilines is 2. The largest absolute Gasteiger partial charge is 0.406 e. The molecule has 0 bridgehead atoms. The Balaban J connectivity index is 2.26. The van der Waals surface area contributed by atoms with E-state index in [1.54, 1.807) is 24.3 Å². The van der Waals surface area contributed by atoms with Gasteiger partial charge in [-0.1, -0.05) is 12.1 Å². The highest BCUT2D eigenvalue weighted by molar-refractivity contribution is 6.01. The number of benzene rings is 1. The lowest BCUT2D eigenvalue weighted by Crippen LogP contribution is -2.43. The number of nitriles is 1. The van der Waals surface area contributed by atoms with Crippen molar-refractivity contribution < 1.29 is 18.0 Å². The first kappa shape index (κ1) is 13.2. The second kappa shape index (κ2) is 4.80. The van der Waals surface area contributed by atoms with E-state index in [0.717, 1.165) is 0 Å². The van der Waals surface area contributed by atoms with Gasteiger partial charge >= 0.3 is 6.18 Å². The number of nitrogens with one attached hydrogen (secondary N) is 1. The van der Waals surface area contributed by atoms with Crippen molar-refractivity contribution in [3.05, 3.63) is 24.3 Å². The standard InChI is InChI=1S/C12H10F3N3O/c13-12(14,15)8(5-16)6-18-7-11(19)17-9-3-1-2-4-10(9)18/h1-4,8H,6-7H2,(H,17,19). The smallest absolute Gasteiger partial charge is 0.359 e. The zero-order chi connectivity index (χ0) is 14.0. The minimum absolute atomic E-state index is 0.189. The van der Waals surface area contributed by atoms with Crippen molar-refractivity contribution in [2.75, 3.05) is 23.3 Å². The molecule has 4 nitrogen and oxygen atoms in total. The molecule has 0 aliphatic carbocycles. The van der Waals surface area contributed by atoms with Gasteiger partial charge < -0.3 is 10.2 Å². The fourth-order valence-electron chi connectivity index (χ4n) is 1.90. The van der Waals surface area contributed by atoms with Crippen LogP contribution in [0.25, 0.3) is 0 Å². The third kappa shape index (κ3) is 2.78. The van der Waals surface area contributed by atoms with Crippen LogP contribution in [-0.4, -0.2) is 25.2 Å². The molecule has 1 aliphatic rings. The van der Waals surface area contributed by atoms with Crippen LogP contribution in [-0.2, 0) is 4.79 Å². The van der Waals surface area contributed by atoms with Gasteiger partial charge in [0.05, 0.1) is 24.0 Å². The summed E-state index contributed by atoms with van der Waals surface area (Å²) >= 11 is 0. The quantitative estimate of drug-likeness (QED) is 0.895. The fraction of sp³-hybridized carbons (Fsp3) is 0.333. The predicted octanol–water partition coefficient (Wildman–Crippen LogP) is 2.15. The number of amides is 1. The van der Waals surface area contributed by atoms with E-state index in [2.05, 4.69) is 5.32 Å². The number of rotatable bonds is 2. The fourth-order valence-corrected chi connectivity index (χ4v) is 1.90. The Morgan fingerprint density at radius 3 is 2.74 bits per heavy atom. The molecule has 0 saturated heterocycles. The molecule has 1 unspecified atom stereocenters. The van der Waals surface area contributed by atoms with Crippen molar-refractivity contribution in [1.82, 2.24) is 0 Å². The van der Waals surface area contributed by atoms with Crippen LogP contribution in [0.5, 0.6) is 0 Å². The first-order valence-electron chi connectivity index (χ1n) is 5.52. The number of nitrogens with zero attached hydrogens (tertiary/aromatic N) is 2. The van der Waals surface area contributed by atoms with E-state index < -0.39 is 24.5 Å². The zero-order valence-electron chi connectivity index (χ0n) is 9.74. The Morgan fingerprint density at radius 2 is 2.11 bits per heavy atom. The van der Waals surface area contributed by atoms with E-state index in [1.807, 2.05) is 0 Å². The molecule has 0 radical (unpaired) electrons. The summed E-state index contributed by atoms with van der Waals surface area (Å²) < 4.78 is 37.8. The highest BCUT2D eigenvalue weighted by atomic mass is 19.4. The van der Waals surface area contributed by atoms with Crippen molar-refractivity contribution >= 4 is 17.3 Å².